The minimum Gasteiger partial charge on any atom is -0.335 e. The second-order valence-corrected chi connectivity index (χ2v) is 7.82. The Morgan fingerprint density at radius 3 is 2.58 bits per heavy atom. The maximum Gasteiger partial charge on any atom is 0.263 e. The lowest BCUT2D eigenvalue weighted by Crippen LogP contribution is -2.45. The highest BCUT2D eigenvalue weighted by Gasteiger charge is 2.27. The number of rotatable bonds is 7. The third kappa shape index (κ3) is 4.44. The van der Waals surface area contributed by atoms with Crippen LogP contribution in [0.1, 0.15) is 62.0 Å². The van der Waals surface area contributed by atoms with E-state index in [1.54, 1.807) is 10.6 Å². The molecule has 0 N–H and O–H groups in total. The number of amides is 1. The summed E-state index contributed by atoms with van der Waals surface area (Å²) in [6.45, 7) is 7.33. The highest BCUT2D eigenvalue weighted by Crippen LogP contribution is 2.24. The van der Waals surface area contributed by atoms with E-state index >= 15 is 0 Å². The molecule has 24 heavy (non-hydrogen) atoms. The standard InChI is InChI=1S/C19H30N2O2S/c1-4-20-15(3)11-12-17(18(20)22)19(23)21(13-14-24-5-2)16-9-7-6-8-10-16/h11-12,16H,4-10,13-14H2,1-3H3. The predicted octanol–water partition coefficient (Wildman–Crippen LogP) is 3.70. The minimum absolute atomic E-state index is 0.0780. The zero-order chi connectivity index (χ0) is 17.5. The molecule has 2 rings (SSSR count). The molecule has 0 radical (unpaired) electrons. The lowest BCUT2D eigenvalue weighted by Gasteiger charge is -2.34. The Labute approximate surface area is 149 Å². The van der Waals surface area contributed by atoms with Gasteiger partial charge in [-0.15, -0.1) is 0 Å². The number of aromatic nitrogens is 1. The van der Waals surface area contributed by atoms with E-state index in [9.17, 15) is 9.59 Å². The number of pyridine rings is 1. The van der Waals surface area contributed by atoms with Crippen LogP contribution in [0.4, 0.5) is 0 Å². The van der Waals surface area contributed by atoms with Gasteiger partial charge >= 0.3 is 0 Å². The highest BCUT2D eigenvalue weighted by molar-refractivity contribution is 7.99. The number of carbonyl (C=O) groups is 1. The van der Waals surface area contributed by atoms with E-state index in [0.717, 1.165) is 36.6 Å². The van der Waals surface area contributed by atoms with Crippen LogP contribution in [0.5, 0.6) is 0 Å². The molecule has 1 amide bonds. The molecule has 1 aliphatic rings. The minimum atomic E-state index is -0.147. The van der Waals surface area contributed by atoms with Gasteiger partial charge in [0.25, 0.3) is 11.5 Å². The van der Waals surface area contributed by atoms with Gasteiger partial charge in [-0.05, 0) is 44.6 Å². The number of hydrogen-bond acceptors (Lipinski definition) is 3. The Balaban J connectivity index is 2.27. The molecule has 0 atom stereocenters. The lowest BCUT2D eigenvalue weighted by atomic mass is 9.93. The second kappa shape index (κ2) is 9.30. The average molecular weight is 351 g/mol. The fraction of sp³-hybridized carbons (Fsp3) is 0.684. The Bertz CT molecular complexity index is 606. The van der Waals surface area contributed by atoms with Crippen LogP contribution in [-0.4, -0.2) is 39.5 Å². The Morgan fingerprint density at radius 1 is 1.25 bits per heavy atom. The molecule has 0 saturated heterocycles. The molecule has 1 saturated carbocycles. The molecule has 1 fully saturated rings. The smallest absolute Gasteiger partial charge is 0.263 e. The summed E-state index contributed by atoms with van der Waals surface area (Å²) in [5.74, 6) is 1.91. The van der Waals surface area contributed by atoms with Gasteiger partial charge in [-0.25, -0.2) is 0 Å². The van der Waals surface area contributed by atoms with Gasteiger partial charge < -0.3 is 9.47 Å². The van der Waals surface area contributed by atoms with E-state index < -0.39 is 0 Å². The molecule has 0 spiro atoms. The first kappa shape index (κ1) is 19.1. The van der Waals surface area contributed by atoms with Crippen LogP contribution in [0.15, 0.2) is 16.9 Å². The first-order valence-corrected chi connectivity index (χ1v) is 10.3. The molecule has 1 aromatic heterocycles. The van der Waals surface area contributed by atoms with E-state index in [0.29, 0.717) is 18.2 Å². The molecular formula is C19H30N2O2S. The van der Waals surface area contributed by atoms with Gasteiger partial charge in [0.2, 0.25) is 0 Å². The van der Waals surface area contributed by atoms with E-state index in [1.807, 2.05) is 36.6 Å². The van der Waals surface area contributed by atoms with Crippen LogP contribution in [0, 0.1) is 6.92 Å². The number of nitrogens with zero attached hydrogens (tertiary/aromatic N) is 2. The van der Waals surface area contributed by atoms with Crippen molar-refractivity contribution >= 4 is 17.7 Å². The van der Waals surface area contributed by atoms with Gasteiger partial charge in [-0.2, -0.15) is 11.8 Å². The zero-order valence-corrected chi connectivity index (χ0v) is 16.0. The molecule has 1 aromatic rings. The third-order valence-corrected chi connectivity index (χ3v) is 5.78. The Kier molecular flexibility index (Phi) is 7.40. The zero-order valence-electron chi connectivity index (χ0n) is 15.2. The SMILES string of the molecule is CCSCCN(C(=O)c1ccc(C)n(CC)c1=O)C1CCCCC1. The predicted molar refractivity (Wildman–Crippen MR) is 102 cm³/mol. The van der Waals surface area contributed by atoms with Gasteiger partial charge in [-0.1, -0.05) is 26.2 Å². The van der Waals surface area contributed by atoms with E-state index in [-0.39, 0.29) is 11.5 Å². The number of hydrogen-bond donors (Lipinski definition) is 0. The van der Waals surface area contributed by atoms with Crippen LogP contribution < -0.4 is 5.56 Å². The molecule has 1 heterocycles. The summed E-state index contributed by atoms with van der Waals surface area (Å²) in [5.41, 5.74) is 1.09. The van der Waals surface area contributed by atoms with Crippen molar-refractivity contribution in [1.29, 1.82) is 0 Å². The van der Waals surface area contributed by atoms with Gasteiger partial charge in [0, 0.05) is 30.6 Å². The summed E-state index contributed by atoms with van der Waals surface area (Å²) in [7, 11) is 0. The van der Waals surface area contributed by atoms with E-state index in [1.165, 1.54) is 19.3 Å². The summed E-state index contributed by atoms with van der Waals surface area (Å²) in [5, 5.41) is 0. The van der Waals surface area contributed by atoms with Crippen molar-refractivity contribution in [2.45, 2.75) is 65.5 Å². The van der Waals surface area contributed by atoms with Gasteiger partial charge in [0.1, 0.15) is 5.56 Å². The molecule has 1 aliphatic carbocycles. The largest absolute Gasteiger partial charge is 0.335 e. The van der Waals surface area contributed by atoms with Crippen molar-refractivity contribution in [2.24, 2.45) is 0 Å². The van der Waals surface area contributed by atoms with E-state index in [2.05, 4.69) is 6.92 Å². The van der Waals surface area contributed by atoms with Crippen LogP contribution in [0.3, 0.4) is 0 Å². The molecular weight excluding hydrogens is 320 g/mol. The van der Waals surface area contributed by atoms with Gasteiger partial charge in [-0.3, -0.25) is 9.59 Å². The van der Waals surface area contributed by atoms with Gasteiger partial charge in [0.05, 0.1) is 0 Å². The molecule has 0 unspecified atom stereocenters. The topological polar surface area (TPSA) is 42.3 Å². The van der Waals surface area contributed by atoms with Crippen molar-refractivity contribution in [2.75, 3.05) is 18.1 Å². The van der Waals surface area contributed by atoms with Gasteiger partial charge in [0.15, 0.2) is 0 Å². The normalized spacial score (nSPS) is 15.5. The van der Waals surface area contributed by atoms with Crippen LogP contribution in [0.25, 0.3) is 0 Å². The number of thioether (sulfide) groups is 1. The first-order valence-electron chi connectivity index (χ1n) is 9.19. The fourth-order valence-electron chi connectivity index (χ4n) is 3.53. The van der Waals surface area contributed by atoms with Crippen molar-refractivity contribution in [3.8, 4) is 0 Å². The summed E-state index contributed by atoms with van der Waals surface area (Å²) in [6, 6.07) is 3.90. The maximum absolute atomic E-state index is 13.1. The van der Waals surface area contributed by atoms with E-state index in [4.69, 9.17) is 0 Å². The Morgan fingerprint density at radius 2 is 1.96 bits per heavy atom. The summed E-state index contributed by atoms with van der Waals surface area (Å²) in [6.07, 6.45) is 5.76. The van der Waals surface area contributed by atoms with Crippen LogP contribution >= 0.6 is 11.8 Å². The molecule has 0 bridgehead atoms. The molecule has 0 aromatic carbocycles. The van der Waals surface area contributed by atoms with Crippen molar-refractivity contribution < 1.29 is 4.79 Å². The summed E-state index contributed by atoms with van der Waals surface area (Å²) < 4.78 is 1.69. The average Bonchev–Trinajstić information content (AvgIpc) is 2.59. The Hall–Kier alpha value is -1.23. The number of aryl methyl sites for hydroxylation is 1. The quantitative estimate of drug-likeness (QED) is 0.704. The van der Waals surface area contributed by atoms with Crippen molar-refractivity contribution in [1.82, 2.24) is 9.47 Å². The molecule has 5 heteroatoms. The molecule has 4 nitrogen and oxygen atoms in total. The highest BCUT2D eigenvalue weighted by atomic mass is 32.2. The monoisotopic (exact) mass is 350 g/mol. The summed E-state index contributed by atoms with van der Waals surface area (Å²) >= 11 is 1.85. The van der Waals surface area contributed by atoms with Crippen molar-refractivity contribution in [3.05, 3.63) is 33.7 Å². The van der Waals surface area contributed by atoms with Crippen LogP contribution in [-0.2, 0) is 6.54 Å². The lowest BCUT2D eigenvalue weighted by molar-refractivity contribution is 0.0648. The van der Waals surface area contributed by atoms with Crippen molar-refractivity contribution in [3.63, 3.8) is 0 Å². The summed E-state index contributed by atoms with van der Waals surface area (Å²) in [4.78, 5) is 27.8. The third-order valence-electron chi connectivity index (χ3n) is 4.90. The second-order valence-electron chi connectivity index (χ2n) is 6.43. The molecule has 0 aliphatic heterocycles. The number of carbonyl (C=O) groups excluding carboxylic acids is 1. The maximum atomic E-state index is 13.1. The fourth-order valence-corrected chi connectivity index (χ4v) is 4.15. The first-order chi connectivity index (χ1) is 11.6. The molecule has 134 valence electrons. The van der Waals surface area contributed by atoms with Crippen LogP contribution in [0.2, 0.25) is 0 Å².